The maximum atomic E-state index is 11.9. The van der Waals surface area contributed by atoms with E-state index in [1.165, 1.54) is 18.2 Å². The first kappa shape index (κ1) is 15.7. The summed E-state index contributed by atoms with van der Waals surface area (Å²) in [7, 11) is 0. The zero-order chi connectivity index (χ0) is 16.4. The van der Waals surface area contributed by atoms with Gasteiger partial charge in [0.05, 0.1) is 17.9 Å². The Bertz CT molecular complexity index is 795. The summed E-state index contributed by atoms with van der Waals surface area (Å²) >= 11 is 0. The number of nitrogens with two attached hydrogens (primary N) is 1. The van der Waals surface area contributed by atoms with E-state index in [1.54, 1.807) is 0 Å². The van der Waals surface area contributed by atoms with Crippen LogP contribution in [0.1, 0.15) is 28.6 Å². The largest absolute Gasteiger partial charge is 0.475 e. The Morgan fingerprint density at radius 2 is 1.91 bits per heavy atom. The quantitative estimate of drug-likeness (QED) is 0.595. The SMILES string of the molecule is NC(=O)CC(O)C(O)c1ccc2oc(C(=O)O)cc(=O)c2c1. The van der Waals surface area contributed by atoms with Crippen LogP contribution in [0.4, 0.5) is 0 Å². The Morgan fingerprint density at radius 1 is 1.23 bits per heavy atom. The van der Waals surface area contributed by atoms with Crippen LogP contribution >= 0.6 is 0 Å². The van der Waals surface area contributed by atoms with Crippen molar-refractivity contribution < 1.29 is 29.3 Å². The third kappa shape index (κ3) is 3.13. The number of amides is 1. The van der Waals surface area contributed by atoms with Crippen LogP contribution < -0.4 is 11.2 Å². The van der Waals surface area contributed by atoms with Crippen molar-refractivity contribution >= 4 is 22.8 Å². The maximum absolute atomic E-state index is 11.9. The van der Waals surface area contributed by atoms with Crippen LogP contribution in [0.15, 0.2) is 33.5 Å². The minimum Gasteiger partial charge on any atom is -0.475 e. The van der Waals surface area contributed by atoms with E-state index in [-0.39, 0.29) is 16.5 Å². The number of primary amides is 1. The number of aliphatic hydroxyl groups is 2. The molecule has 116 valence electrons. The number of carbonyl (C=O) groups is 2. The number of carboxylic acid groups (broad SMARTS) is 1. The molecular weight excluding hydrogens is 294 g/mol. The number of aliphatic hydroxyl groups excluding tert-OH is 2. The summed E-state index contributed by atoms with van der Waals surface area (Å²) in [6.45, 7) is 0. The summed E-state index contributed by atoms with van der Waals surface area (Å²) in [5, 5.41) is 28.5. The second kappa shape index (κ2) is 5.96. The lowest BCUT2D eigenvalue weighted by Crippen LogP contribution is -2.25. The molecule has 1 aromatic carbocycles. The first-order valence-corrected chi connectivity index (χ1v) is 6.25. The normalized spacial score (nSPS) is 13.7. The molecule has 1 aromatic heterocycles. The highest BCUT2D eigenvalue weighted by Crippen LogP contribution is 2.23. The van der Waals surface area contributed by atoms with Gasteiger partial charge in [0.1, 0.15) is 11.7 Å². The van der Waals surface area contributed by atoms with E-state index >= 15 is 0 Å². The van der Waals surface area contributed by atoms with E-state index in [0.29, 0.717) is 0 Å². The summed E-state index contributed by atoms with van der Waals surface area (Å²) in [6, 6.07) is 4.74. The van der Waals surface area contributed by atoms with E-state index in [0.717, 1.165) is 6.07 Å². The van der Waals surface area contributed by atoms with Gasteiger partial charge in [0.15, 0.2) is 5.43 Å². The van der Waals surface area contributed by atoms with Crippen molar-refractivity contribution in [3.05, 3.63) is 45.8 Å². The Balaban J connectivity index is 2.45. The number of rotatable bonds is 5. The molecule has 0 spiro atoms. The van der Waals surface area contributed by atoms with E-state index in [2.05, 4.69) is 0 Å². The lowest BCUT2D eigenvalue weighted by atomic mass is 10.0. The van der Waals surface area contributed by atoms with Gasteiger partial charge in [-0.3, -0.25) is 9.59 Å². The van der Waals surface area contributed by atoms with Crippen LogP contribution in [0.2, 0.25) is 0 Å². The van der Waals surface area contributed by atoms with Gasteiger partial charge in [-0.05, 0) is 17.7 Å². The van der Waals surface area contributed by atoms with Gasteiger partial charge in [-0.25, -0.2) is 4.79 Å². The fourth-order valence-corrected chi connectivity index (χ4v) is 2.00. The van der Waals surface area contributed by atoms with Crippen LogP contribution in [0.3, 0.4) is 0 Å². The van der Waals surface area contributed by atoms with Crippen LogP contribution in [0.5, 0.6) is 0 Å². The van der Waals surface area contributed by atoms with Crippen LogP contribution in [-0.2, 0) is 4.79 Å². The van der Waals surface area contributed by atoms with Gasteiger partial charge in [0.25, 0.3) is 0 Å². The van der Waals surface area contributed by atoms with Crippen molar-refractivity contribution in [1.82, 2.24) is 0 Å². The first-order chi connectivity index (χ1) is 10.3. The lowest BCUT2D eigenvalue weighted by Gasteiger charge is -2.17. The molecule has 0 aliphatic carbocycles. The first-order valence-electron chi connectivity index (χ1n) is 6.25. The Labute approximate surface area is 123 Å². The van der Waals surface area contributed by atoms with Gasteiger partial charge in [-0.1, -0.05) is 6.07 Å². The molecule has 2 unspecified atom stereocenters. The molecule has 8 nitrogen and oxygen atoms in total. The molecule has 0 saturated carbocycles. The van der Waals surface area contributed by atoms with Gasteiger partial charge < -0.3 is 25.5 Å². The van der Waals surface area contributed by atoms with Gasteiger partial charge in [0, 0.05) is 6.07 Å². The molecule has 0 radical (unpaired) electrons. The highest BCUT2D eigenvalue weighted by Gasteiger charge is 2.21. The molecule has 8 heteroatoms. The number of hydrogen-bond acceptors (Lipinski definition) is 6. The van der Waals surface area contributed by atoms with Gasteiger partial charge in [-0.15, -0.1) is 0 Å². The third-order valence-electron chi connectivity index (χ3n) is 3.08. The number of carboxylic acids is 1. The molecule has 2 aromatic rings. The van der Waals surface area contributed by atoms with Crippen LogP contribution in [0, 0.1) is 0 Å². The molecule has 22 heavy (non-hydrogen) atoms. The standard InChI is InChI=1S/C14H13NO7/c15-12(18)5-9(17)13(19)6-1-2-10-7(3-6)8(16)4-11(22-10)14(20)21/h1-4,9,13,17,19H,5H2,(H2,15,18)(H,20,21). The van der Waals surface area contributed by atoms with E-state index in [1.807, 2.05) is 0 Å². The Hall–Kier alpha value is -2.71. The van der Waals surface area contributed by atoms with Crippen molar-refractivity contribution in [1.29, 1.82) is 0 Å². The molecule has 0 fully saturated rings. The van der Waals surface area contributed by atoms with Gasteiger partial charge >= 0.3 is 5.97 Å². The molecular formula is C14H13NO7. The second-order valence-corrected chi connectivity index (χ2v) is 4.72. The maximum Gasteiger partial charge on any atom is 0.371 e. The Kier molecular flexibility index (Phi) is 4.25. The van der Waals surface area contributed by atoms with E-state index in [9.17, 15) is 24.6 Å². The molecule has 1 amide bonds. The average Bonchev–Trinajstić information content (AvgIpc) is 2.45. The number of aromatic carboxylic acids is 1. The van der Waals surface area contributed by atoms with Crippen molar-refractivity contribution in [2.75, 3.05) is 0 Å². The summed E-state index contributed by atoms with van der Waals surface area (Å²) in [4.78, 5) is 33.4. The lowest BCUT2D eigenvalue weighted by molar-refractivity contribution is -0.121. The highest BCUT2D eigenvalue weighted by molar-refractivity contribution is 5.87. The molecule has 0 aliphatic heterocycles. The van der Waals surface area contributed by atoms with Crippen LogP contribution in [-0.4, -0.2) is 33.3 Å². The number of fused-ring (bicyclic) bond motifs is 1. The zero-order valence-electron chi connectivity index (χ0n) is 11.2. The number of hydrogen-bond donors (Lipinski definition) is 4. The summed E-state index contributed by atoms with van der Waals surface area (Å²) < 4.78 is 5.05. The van der Waals surface area contributed by atoms with Gasteiger partial charge in [0.2, 0.25) is 11.7 Å². The number of benzene rings is 1. The van der Waals surface area contributed by atoms with Crippen molar-refractivity contribution in [2.24, 2.45) is 5.73 Å². The molecule has 0 aliphatic rings. The molecule has 2 rings (SSSR count). The fourth-order valence-electron chi connectivity index (χ4n) is 2.00. The van der Waals surface area contributed by atoms with Crippen molar-refractivity contribution in [2.45, 2.75) is 18.6 Å². The van der Waals surface area contributed by atoms with Gasteiger partial charge in [-0.2, -0.15) is 0 Å². The molecule has 1 heterocycles. The second-order valence-electron chi connectivity index (χ2n) is 4.72. The minimum absolute atomic E-state index is 0.0326. The summed E-state index contributed by atoms with van der Waals surface area (Å²) in [5.74, 6) is -2.66. The van der Waals surface area contributed by atoms with Crippen molar-refractivity contribution in [3.8, 4) is 0 Å². The number of carbonyl (C=O) groups excluding carboxylic acids is 1. The van der Waals surface area contributed by atoms with Crippen molar-refractivity contribution in [3.63, 3.8) is 0 Å². The average molecular weight is 307 g/mol. The third-order valence-corrected chi connectivity index (χ3v) is 3.08. The predicted octanol–water partition coefficient (Wildman–Crippen LogP) is -0.239. The predicted molar refractivity (Wildman–Crippen MR) is 74.2 cm³/mol. The highest BCUT2D eigenvalue weighted by atomic mass is 16.4. The van der Waals surface area contributed by atoms with E-state index < -0.39 is 41.7 Å². The minimum atomic E-state index is -1.42. The smallest absolute Gasteiger partial charge is 0.371 e. The summed E-state index contributed by atoms with van der Waals surface area (Å²) in [5.41, 5.74) is 4.55. The monoisotopic (exact) mass is 307 g/mol. The van der Waals surface area contributed by atoms with Crippen LogP contribution in [0.25, 0.3) is 11.0 Å². The molecule has 2 atom stereocenters. The Morgan fingerprint density at radius 3 is 2.50 bits per heavy atom. The molecule has 5 N–H and O–H groups in total. The zero-order valence-corrected chi connectivity index (χ0v) is 11.2. The molecule has 0 bridgehead atoms. The topological polar surface area (TPSA) is 151 Å². The fraction of sp³-hybridized carbons (Fsp3) is 0.214. The summed E-state index contributed by atoms with van der Waals surface area (Å²) in [6.07, 6.45) is -3.28. The molecule has 0 saturated heterocycles. The van der Waals surface area contributed by atoms with E-state index in [4.69, 9.17) is 15.3 Å².